The highest BCUT2D eigenvalue weighted by atomic mass is 16.2. The van der Waals surface area contributed by atoms with Crippen LogP contribution in [0.5, 0.6) is 0 Å². The van der Waals surface area contributed by atoms with Gasteiger partial charge in [-0.25, -0.2) is 15.1 Å². The van der Waals surface area contributed by atoms with Gasteiger partial charge in [0, 0.05) is 17.6 Å². The molecule has 2 heterocycles. The van der Waals surface area contributed by atoms with Crippen LogP contribution in [0.2, 0.25) is 0 Å². The van der Waals surface area contributed by atoms with Crippen LogP contribution in [0.15, 0.2) is 65.7 Å². The van der Waals surface area contributed by atoms with Gasteiger partial charge in [0.15, 0.2) is 0 Å². The lowest BCUT2D eigenvalue weighted by Gasteiger charge is -2.07. The Bertz CT molecular complexity index is 967. The molecule has 7 heteroatoms. The molecule has 3 rings (SSSR count). The highest BCUT2D eigenvalue weighted by Crippen LogP contribution is 2.07. The number of H-pyrrole nitrogens is 1. The van der Waals surface area contributed by atoms with Crippen molar-refractivity contribution in [1.29, 1.82) is 0 Å². The molecule has 0 bridgehead atoms. The van der Waals surface area contributed by atoms with Crippen molar-refractivity contribution in [3.05, 3.63) is 71.3 Å². The van der Waals surface area contributed by atoms with E-state index in [1.165, 1.54) is 4.57 Å². The molecule has 0 aliphatic rings. The van der Waals surface area contributed by atoms with Gasteiger partial charge in [-0.2, -0.15) is 0 Å². The first-order valence-electron chi connectivity index (χ1n) is 7.75. The number of rotatable bonds is 5. The van der Waals surface area contributed by atoms with Crippen molar-refractivity contribution < 1.29 is 14.6 Å². The highest BCUT2D eigenvalue weighted by molar-refractivity contribution is 5.93. The number of amides is 2. The Morgan fingerprint density at radius 3 is 2.60 bits per heavy atom. The summed E-state index contributed by atoms with van der Waals surface area (Å²) >= 11 is 0. The van der Waals surface area contributed by atoms with E-state index in [2.05, 4.69) is 15.6 Å². The van der Waals surface area contributed by atoms with E-state index in [0.717, 1.165) is 5.39 Å². The Kier molecular flexibility index (Phi) is 4.84. The monoisotopic (exact) mass is 337 g/mol. The van der Waals surface area contributed by atoms with Gasteiger partial charge in [0.25, 0.3) is 11.4 Å². The van der Waals surface area contributed by atoms with Crippen LogP contribution in [0.3, 0.4) is 0 Å². The zero-order valence-electron chi connectivity index (χ0n) is 13.4. The summed E-state index contributed by atoms with van der Waals surface area (Å²) in [6.07, 6.45) is 3.25. The number of nitrogens with zero attached hydrogens (tertiary/aromatic N) is 1. The van der Waals surface area contributed by atoms with E-state index in [1.807, 2.05) is 12.1 Å². The van der Waals surface area contributed by atoms with Crippen LogP contribution in [0, 0.1) is 0 Å². The van der Waals surface area contributed by atoms with Crippen molar-refractivity contribution in [3.8, 4) is 0 Å². The minimum Gasteiger partial charge on any atom is -0.343 e. The van der Waals surface area contributed by atoms with E-state index >= 15 is 0 Å². The van der Waals surface area contributed by atoms with Crippen molar-refractivity contribution in [2.45, 2.75) is 6.54 Å². The third-order valence-corrected chi connectivity index (χ3v) is 3.63. The van der Waals surface area contributed by atoms with Gasteiger partial charge in [-0.3, -0.25) is 9.59 Å². The molecule has 0 atom stereocenters. The molecule has 7 nitrogen and oxygen atoms in total. The number of hydrogen-bond acceptors (Lipinski definition) is 3. The zero-order chi connectivity index (χ0) is 17.6. The van der Waals surface area contributed by atoms with Gasteiger partial charge in [0.1, 0.15) is 13.1 Å². The van der Waals surface area contributed by atoms with Gasteiger partial charge in [-0.1, -0.05) is 24.3 Å². The smallest absolute Gasteiger partial charge is 0.326 e. The Balaban J connectivity index is 1.59. The third kappa shape index (κ3) is 4.08. The molecule has 0 radical (unpaired) electrons. The number of nitrogens with one attached hydrogen (secondary N) is 3. The molecule has 126 valence electrons. The van der Waals surface area contributed by atoms with Crippen molar-refractivity contribution in [2.75, 3.05) is 11.9 Å². The zero-order valence-corrected chi connectivity index (χ0v) is 13.4. The van der Waals surface area contributed by atoms with E-state index in [1.54, 1.807) is 48.8 Å². The van der Waals surface area contributed by atoms with E-state index in [4.69, 9.17) is 0 Å². The number of carbonyl (C=O) groups is 2. The molecule has 0 spiro atoms. The SMILES string of the molecule is O=C(Cn1ccc2ccccc2c1=O)NCC(=O)Nc1cccc[nH+]1. The maximum absolute atomic E-state index is 12.3. The third-order valence-electron chi connectivity index (χ3n) is 3.63. The fourth-order valence-electron chi connectivity index (χ4n) is 2.41. The quantitative estimate of drug-likeness (QED) is 0.713. The molecular formula is C18H17N4O3+. The minimum absolute atomic E-state index is 0.144. The largest absolute Gasteiger partial charge is 0.343 e. The van der Waals surface area contributed by atoms with Gasteiger partial charge in [-0.05, 0) is 23.6 Å². The molecular weight excluding hydrogens is 320 g/mol. The molecule has 0 aliphatic carbocycles. The Morgan fingerprint density at radius 1 is 1.00 bits per heavy atom. The highest BCUT2D eigenvalue weighted by Gasteiger charge is 2.12. The van der Waals surface area contributed by atoms with Crippen LogP contribution in [-0.4, -0.2) is 22.9 Å². The topological polar surface area (TPSA) is 94.3 Å². The maximum atomic E-state index is 12.3. The number of fused-ring (bicyclic) bond motifs is 1. The van der Waals surface area contributed by atoms with Crippen molar-refractivity contribution >= 4 is 28.4 Å². The number of aromatic nitrogens is 2. The molecule has 0 fully saturated rings. The molecule has 0 saturated carbocycles. The summed E-state index contributed by atoms with van der Waals surface area (Å²) in [6.45, 7) is -0.321. The predicted octanol–water partition coefficient (Wildman–Crippen LogP) is 0.570. The molecule has 3 aromatic rings. The summed E-state index contributed by atoms with van der Waals surface area (Å²) in [6, 6.07) is 14.2. The normalized spacial score (nSPS) is 10.4. The maximum Gasteiger partial charge on any atom is 0.326 e. The fraction of sp³-hybridized carbons (Fsp3) is 0.111. The Labute approximate surface area is 143 Å². The summed E-state index contributed by atoms with van der Waals surface area (Å²) in [5.41, 5.74) is -0.239. The second kappa shape index (κ2) is 7.39. The van der Waals surface area contributed by atoms with Crippen LogP contribution >= 0.6 is 0 Å². The lowest BCUT2D eigenvalue weighted by atomic mass is 10.2. The molecule has 25 heavy (non-hydrogen) atoms. The number of carbonyl (C=O) groups excluding carboxylic acids is 2. The van der Waals surface area contributed by atoms with Crippen LogP contribution in [-0.2, 0) is 16.1 Å². The number of pyridine rings is 2. The standard InChI is InChI=1S/C18H16N4O3/c23-16(21-15-7-3-4-9-19-15)11-20-17(24)12-22-10-8-13-5-1-2-6-14(13)18(22)25/h1-10H,11-12H2,(H,20,24)(H,19,21,23)/p+1. The van der Waals surface area contributed by atoms with Crippen LogP contribution in [0.4, 0.5) is 5.82 Å². The first-order chi connectivity index (χ1) is 12.1. The van der Waals surface area contributed by atoms with Crippen molar-refractivity contribution in [3.63, 3.8) is 0 Å². The second-order valence-corrected chi connectivity index (χ2v) is 5.44. The van der Waals surface area contributed by atoms with Gasteiger partial charge in [0.05, 0.1) is 6.20 Å². The summed E-state index contributed by atoms with van der Waals surface area (Å²) in [7, 11) is 0. The minimum atomic E-state index is -0.412. The Hall–Kier alpha value is -3.48. The molecule has 2 amide bonds. The summed E-state index contributed by atoms with van der Waals surface area (Å²) in [4.78, 5) is 39.0. The van der Waals surface area contributed by atoms with E-state index in [-0.39, 0.29) is 24.6 Å². The van der Waals surface area contributed by atoms with E-state index < -0.39 is 5.91 Å². The van der Waals surface area contributed by atoms with Crippen LogP contribution < -0.4 is 21.2 Å². The summed E-state index contributed by atoms with van der Waals surface area (Å²) < 4.78 is 1.32. The molecule has 0 unspecified atom stereocenters. The lowest BCUT2D eigenvalue weighted by molar-refractivity contribution is -0.360. The number of aromatic amines is 1. The average Bonchev–Trinajstić information content (AvgIpc) is 2.63. The molecule has 0 saturated heterocycles. The first-order valence-corrected chi connectivity index (χ1v) is 7.75. The number of hydrogen-bond donors (Lipinski definition) is 2. The lowest BCUT2D eigenvalue weighted by Crippen LogP contribution is -2.37. The van der Waals surface area contributed by atoms with Crippen LogP contribution in [0.25, 0.3) is 10.8 Å². The van der Waals surface area contributed by atoms with Crippen molar-refractivity contribution in [2.24, 2.45) is 0 Å². The number of anilines is 1. The molecule has 2 aromatic heterocycles. The fourth-order valence-corrected chi connectivity index (χ4v) is 2.41. The second-order valence-electron chi connectivity index (χ2n) is 5.44. The van der Waals surface area contributed by atoms with E-state index in [0.29, 0.717) is 11.2 Å². The molecule has 1 aromatic carbocycles. The average molecular weight is 337 g/mol. The van der Waals surface area contributed by atoms with Gasteiger partial charge in [-0.15, -0.1) is 0 Å². The summed E-state index contributed by atoms with van der Waals surface area (Å²) in [5, 5.41) is 6.49. The van der Waals surface area contributed by atoms with Crippen molar-refractivity contribution in [1.82, 2.24) is 9.88 Å². The first kappa shape index (κ1) is 16.4. The van der Waals surface area contributed by atoms with E-state index in [9.17, 15) is 14.4 Å². The summed E-state index contributed by atoms with van der Waals surface area (Å²) in [5.74, 6) is -0.237. The number of benzene rings is 1. The Morgan fingerprint density at radius 2 is 1.80 bits per heavy atom. The van der Waals surface area contributed by atoms with Crippen LogP contribution in [0.1, 0.15) is 0 Å². The van der Waals surface area contributed by atoms with Gasteiger partial charge in [0.2, 0.25) is 5.91 Å². The predicted molar refractivity (Wildman–Crippen MR) is 92.8 cm³/mol. The molecule has 0 aliphatic heterocycles. The van der Waals surface area contributed by atoms with Gasteiger partial charge >= 0.3 is 5.91 Å². The molecule has 3 N–H and O–H groups in total. The van der Waals surface area contributed by atoms with Gasteiger partial charge < -0.3 is 9.88 Å².